The van der Waals surface area contributed by atoms with E-state index in [1.54, 1.807) is 24.3 Å². The van der Waals surface area contributed by atoms with Gasteiger partial charge >= 0.3 is 0 Å². The van der Waals surface area contributed by atoms with E-state index in [-0.39, 0.29) is 25.0 Å². The summed E-state index contributed by atoms with van der Waals surface area (Å²) >= 11 is 0. The Bertz CT molecular complexity index is 455. The SMILES string of the molecule is CC(C)OCCS(=O)(=O)NCc1ccc(N)cc1. The molecule has 0 aliphatic carbocycles. The number of sulfonamides is 1. The summed E-state index contributed by atoms with van der Waals surface area (Å²) < 4.78 is 31.0. The number of anilines is 1. The molecule has 0 aromatic heterocycles. The molecular formula is C12H20N2O3S. The molecule has 0 radical (unpaired) electrons. The van der Waals surface area contributed by atoms with Crippen molar-refractivity contribution in [2.75, 3.05) is 18.1 Å². The van der Waals surface area contributed by atoms with Crippen LogP contribution >= 0.6 is 0 Å². The van der Waals surface area contributed by atoms with Crippen molar-refractivity contribution in [3.63, 3.8) is 0 Å². The van der Waals surface area contributed by atoms with Gasteiger partial charge in [-0.1, -0.05) is 12.1 Å². The molecule has 6 heteroatoms. The van der Waals surface area contributed by atoms with Gasteiger partial charge < -0.3 is 10.5 Å². The first-order valence-electron chi connectivity index (χ1n) is 5.82. The molecule has 0 saturated heterocycles. The summed E-state index contributed by atoms with van der Waals surface area (Å²) in [6.07, 6.45) is 0.0392. The average molecular weight is 272 g/mol. The molecule has 0 heterocycles. The predicted octanol–water partition coefficient (Wildman–Crippen LogP) is 1.11. The topological polar surface area (TPSA) is 81.4 Å². The molecule has 0 fully saturated rings. The summed E-state index contributed by atoms with van der Waals surface area (Å²) in [4.78, 5) is 0. The summed E-state index contributed by atoms with van der Waals surface area (Å²) in [7, 11) is -3.29. The zero-order chi connectivity index (χ0) is 13.6. The normalized spacial score (nSPS) is 11.9. The van der Waals surface area contributed by atoms with E-state index in [0.29, 0.717) is 5.69 Å². The van der Waals surface area contributed by atoms with Crippen LogP contribution in [0.3, 0.4) is 0 Å². The average Bonchev–Trinajstić information content (AvgIpc) is 2.27. The first-order chi connectivity index (χ1) is 8.39. The maximum Gasteiger partial charge on any atom is 0.214 e. The summed E-state index contributed by atoms with van der Waals surface area (Å²) in [5.41, 5.74) is 7.08. The zero-order valence-corrected chi connectivity index (χ0v) is 11.5. The largest absolute Gasteiger partial charge is 0.399 e. The van der Waals surface area contributed by atoms with Gasteiger partial charge in [0.1, 0.15) is 0 Å². The number of nitrogen functional groups attached to an aromatic ring is 1. The van der Waals surface area contributed by atoms with E-state index in [1.807, 2.05) is 13.8 Å². The van der Waals surface area contributed by atoms with Crippen LogP contribution in [0.1, 0.15) is 19.4 Å². The summed E-state index contributed by atoms with van der Waals surface area (Å²) in [5, 5.41) is 0. The van der Waals surface area contributed by atoms with E-state index in [9.17, 15) is 8.42 Å². The van der Waals surface area contributed by atoms with Gasteiger partial charge in [0.05, 0.1) is 18.5 Å². The number of nitrogens with one attached hydrogen (secondary N) is 1. The quantitative estimate of drug-likeness (QED) is 0.729. The Morgan fingerprint density at radius 2 is 1.89 bits per heavy atom. The fraction of sp³-hybridized carbons (Fsp3) is 0.500. The van der Waals surface area contributed by atoms with Crippen LogP contribution in [-0.2, 0) is 21.3 Å². The van der Waals surface area contributed by atoms with Gasteiger partial charge in [-0.25, -0.2) is 13.1 Å². The Morgan fingerprint density at radius 3 is 2.44 bits per heavy atom. The number of nitrogens with two attached hydrogens (primary N) is 1. The monoisotopic (exact) mass is 272 g/mol. The van der Waals surface area contributed by atoms with Crippen LogP contribution in [0, 0.1) is 0 Å². The highest BCUT2D eigenvalue weighted by atomic mass is 32.2. The minimum Gasteiger partial charge on any atom is -0.399 e. The van der Waals surface area contributed by atoms with Crippen molar-refractivity contribution < 1.29 is 13.2 Å². The van der Waals surface area contributed by atoms with Gasteiger partial charge in [0, 0.05) is 12.2 Å². The number of hydrogen-bond donors (Lipinski definition) is 2. The van der Waals surface area contributed by atoms with Crippen LogP contribution in [0.25, 0.3) is 0 Å². The molecule has 18 heavy (non-hydrogen) atoms. The maximum atomic E-state index is 11.6. The number of hydrogen-bond acceptors (Lipinski definition) is 4. The van der Waals surface area contributed by atoms with Crippen molar-refractivity contribution in [3.8, 4) is 0 Å². The van der Waals surface area contributed by atoms with E-state index in [0.717, 1.165) is 5.56 Å². The van der Waals surface area contributed by atoms with E-state index in [1.165, 1.54) is 0 Å². The smallest absolute Gasteiger partial charge is 0.214 e. The zero-order valence-electron chi connectivity index (χ0n) is 10.7. The van der Waals surface area contributed by atoms with Crippen molar-refractivity contribution in [2.45, 2.75) is 26.5 Å². The van der Waals surface area contributed by atoms with Gasteiger partial charge in [0.25, 0.3) is 0 Å². The van der Waals surface area contributed by atoms with Crippen molar-refractivity contribution >= 4 is 15.7 Å². The van der Waals surface area contributed by atoms with Crippen molar-refractivity contribution in [1.82, 2.24) is 4.72 Å². The third-order valence-corrected chi connectivity index (χ3v) is 3.57. The molecule has 1 aromatic carbocycles. The molecule has 1 rings (SSSR count). The lowest BCUT2D eigenvalue weighted by Gasteiger charge is -2.09. The van der Waals surface area contributed by atoms with Gasteiger partial charge in [-0.15, -0.1) is 0 Å². The van der Waals surface area contributed by atoms with E-state index >= 15 is 0 Å². The van der Waals surface area contributed by atoms with E-state index < -0.39 is 10.0 Å². The molecule has 0 spiro atoms. The van der Waals surface area contributed by atoms with Crippen LogP contribution < -0.4 is 10.5 Å². The number of benzene rings is 1. The van der Waals surface area contributed by atoms with Gasteiger partial charge in [-0.2, -0.15) is 0 Å². The van der Waals surface area contributed by atoms with E-state index in [4.69, 9.17) is 10.5 Å². The lowest BCUT2D eigenvalue weighted by atomic mass is 10.2. The van der Waals surface area contributed by atoms with Crippen LogP contribution in [0.2, 0.25) is 0 Å². The minimum atomic E-state index is -3.29. The first kappa shape index (κ1) is 14.9. The van der Waals surface area contributed by atoms with Gasteiger partial charge in [-0.05, 0) is 31.5 Å². The first-order valence-corrected chi connectivity index (χ1v) is 7.47. The molecule has 0 atom stereocenters. The van der Waals surface area contributed by atoms with Crippen LogP contribution in [-0.4, -0.2) is 26.9 Å². The highest BCUT2D eigenvalue weighted by Crippen LogP contribution is 2.05. The second-order valence-corrected chi connectivity index (χ2v) is 6.23. The molecule has 0 unspecified atom stereocenters. The molecule has 0 amide bonds. The molecule has 0 aliphatic rings. The molecule has 3 N–H and O–H groups in total. The van der Waals surface area contributed by atoms with Gasteiger partial charge in [0.2, 0.25) is 10.0 Å². The summed E-state index contributed by atoms with van der Waals surface area (Å²) in [5.74, 6) is -0.0276. The van der Waals surface area contributed by atoms with Gasteiger partial charge in [0.15, 0.2) is 0 Å². The highest BCUT2D eigenvalue weighted by Gasteiger charge is 2.10. The second kappa shape index (κ2) is 6.72. The lowest BCUT2D eigenvalue weighted by molar-refractivity contribution is 0.0911. The summed E-state index contributed by atoms with van der Waals surface area (Å²) in [6.45, 7) is 4.21. The highest BCUT2D eigenvalue weighted by molar-refractivity contribution is 7.89. The van der Waals surface area contributed by atoms with Gasteiger partial charge in [-0.3, -0.25) is 0 Å². The Kier molecular flexibility index (Phi) is 5.58. The summed E-state index contributed by atoms with van der Waals surface area (Å²) in [6, 6.07) is 7.07. The molecule has 0 bridgehead atoms. The Labute approximate surface area is 108 Å². The van der Waals surface area contributed by atoms with Crippen LogP contribution in [0.4, 0.5) is 5.69 Å². The lowest BCUT2D eigenvalue weighted by Crippen LogP contribution is -2.28. The van der Waals surface area contributed by atoms with Crippen molar-refractivity contribution in [1.29, 1.82) is 0 Å². The third kappa shape index (κ3) is 6.00. The fourth-order valence-electron chi connectivity index (χ4n) is 1.29. The van der Waals surface area contributed by atoms with E-state index in [2.05, 4.69) is 4.72 Å². The molecule has 102 valence electrons. The molecule has 5 nitrogen and oxygen atoms in total. The molecule has 1 aromatic rings. The van der Waals surface area contributed by atoms with Crippen LogP contribution in [0.5, 0.6) is 0 Å². The van der Waals surface area contributed by atoms with Crippen molar-refractivity contribution in [3.05, 3.63) is 29.8 Å². The Morgan fingerprint density at radius 1 is 1.28 bits per heavy atom. The fourth-order valence-corrected chi connectivity index (χ4v) is 2.14. The Balaban J connectivity index is 2.39. The Hall–Kier alpha value is -1.11. The predicted molar refractivity (Wildman–Crippen MR) is 72.6 cm³/mol. The number of rotatable bonds is 7. The molecular weight excluding hydrogens is 252 g/mol. The van der Waals surface area contributed by atoms with Crippen LogP contribution in [0.15, 0.2) is 24.3 Å². The molecule has 0 aliphatic heterocycles. The third-order valence-electron chi connectivity index (χ3n) is 2.28. The van der Waals surface area contributed by atoms with Crippen molar-refractivity contribution in [2.24, 2.45) is 0 Å². The minimum absolute atomic E-state index is 0.0276. The standard InChI is InChI=1S/C12H20N2O3S/c1-10(2)17-7-8-18(15,16)14-9-11-3-5-12(13)6-4-11/h3-6,10,14H,7-9,13H2,1-2H3. The molecule has 0 saturated carbocycles. The maximum absolute atomic E-state index is 11.6. The second-order valence-electron chi connectivity index (χ2n) is 4.30. The number of ether oxygens (including phenoxy) is 1.